The van der Waals surface area contributed by atoms with Crippen molar-refractivity contribution in [2.75, 3.05) is 20.7 Å². The number of nitrogens with one attached hydrogen (secondary N) is 1. The molecule has 0 spiro atoms. The van der Waals surface area contributed by atoms with Gasteiger partial charge in [-0.05, 0) is 12.1 Å². The van der Waals surface area contributed by atoms with Gasteiger partial charge in [0.05, 0.1) is 12.9 Å². The van der Waals surface area contributed by atoms with Crippen molar-refractivity contribution in [3.63, 3.8) is 0 Å². The van der Waals surface area contributed by atoms with Crippen LogP contribution in [0.2, 0.25) is 0 Å². The zero-order chi connectivity index (χ0) is 11.5. The van der Waals surface area contributed by atoms with E-state index in [1.165, 1.54) is 20.4 Å². The Morgan fingerprint density at radius 2 is 2.27 bits per heavy atom. The number of aliphatic hydroxyl groups excluding tert-OH is 1. The Labute approximate surface area is 88.7 Å². The zero-order valence-corrected chi connectivity index (χ0v) is 9.36. The molecule has 1 aromatic rings. The SMILES string of the molecule is CN(C)S(=O)(=O)NC(CO)c1ccco1. The Morgan fingerprint density at radius 3 is 2.67 bits per heavy atom. The molecule has 0 saturated carbocycles. The van der Waals surface area contributed by atoms with Gasteiger partial charge in [0, 0.05) is 14.1 Å². The summed E-state index contributed by atoms with van der Waals surface area (Å²) in [6.07, 6.45) is 1.42. The van der Waals surface area contributed by atoms with Gasteiger partial charge in [0.1, 0.15) is 11.8 Å². The van der Waals surface area contributed by atoms with Crippen molar-refractivity contribution in [1.82, 2.24) is 9.03 Å². The molecule has 0 aliphatic carbocycles. The van der Waals surface area contributed by atoms with Gasteiger partial charge in [-0.25, -0.2) is 0 Å². The van der Waals surface area contributed by atoms with Gasteiger partial charge in [-0.15, -0.1) is 0 Å². The first-order valence-electron chi connectivity index (χ1n) is 4.31. The third-order valence-corrected chi connectivity index (χ3v) is 3.38. The van der Waals surface area contributed by atoms with Crippen LogP contribution in [0.3, 0.4) is 0 Å². The van der Waals surface area contributed by atoms with Gasteiger partial charge in [0.25, 0.3) is 10.2 Å². The minimum absolute atomic E-state index is 0.361. The summed E-state index contributed by atoms with van der Waals surface area (Å²) in [5, 5.41) is 9.04. The molecule has 1 aromatic heterocycles. The largest absolute Gasteiger partial charge is 0.468 e. The Balaban J connectivity index is 2.80. The van der Waals surface area contributed by atoms with E-state index in [2.05, 4.69) is 4.72 Å². The van der Waals surface area contributed by atoms with Crippen LogP contribution in [0.25, 0.3) is 0 Å². The molecule has 1 heterocycles. The van der Waals surface area contributed by atoms with Crippen LogP contribution in [0.5, 0.6) is 0 Å². The smallest absolute Gasteiger partial charge is 0.279 e. The summed E-state index contributed by atoms with van der Waals surface area (Å²) in [4.78, 5) is 0. The molecule has 0 bridgehead atoms. The maximum absolute atomic E-state index is 11.5. The first-order valence-corrected chi connectivity index (χ1v) is 5.75. The number of rotatable bonds is 5. The monoisotopic (exact) mass is 234 g/mol. The van der Waals surface area contributed by atoms with Gasteiger partial charge in [0.2, 0.25) is 0 Å². The van der Waals surface area contributed by atoms with Crippen molar-refractivity contribution in [1.29, 1.82) is 0 Å². The van der Waals surface area contributed by atoms with Crippen LogP contribution in [-0.2, 0) is 10.2 Å². The van der Waals surface area contributed by atoms with Crippen LogP contribution in [0.4, 0.5) is 0 Å². The van der Waals surface area contributed by atoms with Gasteiger partial charge in [-0.2, -0.15) is 17.4 Å². The Kier molecular flexibility index (Phi) is 3.86. The summed E-state index contributed by atoms with van der Waals surface area (Å²) in [5.74, 6) is 0.378. The minimum Gasteiger partial charge on any atom is -0.468 e. The lowest BCUT2D eigenvalue weighted by Crippen LogP contribution is -2.39. The van der Waals surface area contributed by atoms with Gasteiger partial charge < -0.3 is 9.52 Å². The first kappa shape index (κ1) is 12.2. The van der Waals surface area contributed by atoms with E-state index in [1.807, 2.05) is 0 Å². The highest BCUT2D eigenvalue weighted by Gasteiger charge is 2.22. The highest BCUT2D eigenvalue weighted by atomic mass is 32.2. The van der Waals surface area contributed by atoms with Crippen LogP contribution in [-0.4, -0.2) is 38.5 Å². The number of aliphatic hydroxyl groups is 1. The van der Waals surface area contributed by atoms with Crippen molar-refractivity contribution >= 4 is 10.2 Å². The second kappa shape index (κ2) is 4.75. The second-order valence-corrected chi connectivity index (χ2v) is 5.07. The lowest BCUT2D eigenvalue weighted by atomic mass is 10.2. The number of hydrogen-bond donors (Lipinski definition) is 2. The van der Waals surface area contributed by atoms with E-state index in [1.54, 1.807) is 12.1 Å². The predicted molar refractivity (Wildman–Crippen MR) is 54.3 cm³/mol. The van der Waals surface area contributed by atoms with E-state index in [0.717, 1.165) is 4.31 Å². The Morgan fingerprint density at radius 1 is 1.60 bits per heavy atom. The van der Waals surface area contributed by atoms with Crippen molar-refractivity contribution in [2.24, 2.45) is 0 Å². The van der Waals surface area contributed by atoms with Gasteiger partial charge in [-0.1, -0.05) is 0 Å². The molecule has 0 aliphatic rings. The summed E-state index contributed by atoms with van der Waals surface area (Å²) in [7, 11) is -0.769. The van der Waals surface area contributed by atoms with E-state index < -0.39 is 16.3 Å². The van der Waals surface area contributed by atoms with Gasteiger partial charge in [0.15, 0.2) is 0 Å². The highest BCUT2D eigenvalue weighted by Crippen LogP contribution is 2.14. The number of nitrogens with zero attached hydrogens (tertiary/aromatic N) is 1. The number of furan rings is 1. The first-order chi connectivity index (χ1) is 6.97. The molecule has 7 heteroatoms. The molecule has 0 aliphatic heterocycles. The Bertz CT molecular complexity index is 385. The molecule has 86 valence electrons. The fraction of sp³-hybridized carbons (Fsp3) is 0.500. The van der Waals surface area contributed by atoms with Gasteiger partial charge in [-0.3, -0.25) is 0 Å². The molecule has 0 aromatic carbocycles. The molecule has 15 heavy (non-hydrogen) atoms. The standard InChI is InChI=1S/C8H14N2O4S/c1-10(2)15(12,13)9-7(6-11)8-4-3-5-14-8/h3-5,7,9,11H,6H2,1-2H3. The average Bonchev–Trinajstić information content (AvgIpc) is 2.66. The van der Waals surface area contributed by atoms with Crippen molar-refractivity contribution in [2.45, 2.75) is 6.04 Å². The fourth-order valence-electron chi connectivity index (χ4n) is 0.960. The zero-order valence-electron chi connectivity index (χ0n) is 8.54. The van der Waals surface area contributed by atoms with Gasteiger partial charge >= 0.3 is 0 Å². The predicted octanol–water partition coefficient (Wildman–Crippen LogP) is -0.291. The van der Waals surface area contributed by atoms with Crippen LogP contribution < -0.4 is 4.72 Å². The van der Waals surface area contributed by atoms with Crippen LogP contribution in [0.1, 0.15) is 11.8 Å². The summed E-state index contributed by atoms with van der Waals surface area (Å²) in [5.41, 5.74) is 0. The normalized spacial score (nSPS) is 14.4. The van der Waals surface area contributed by atoms with E-state index in [-0.39, 0.29) is 6.61 Å². The van der Waals surface area contributed by atoms with Crippen LogP contribution in [0.15, 0.2) is 22.8 Å². The Hall–Kier alpha value is -0.890. The lowest BCUT2D eigenvalue weighted by molar-refractivity contribution is 0.240. The fourth-order valence-corrected chi connectivity index (χ4v) is 1.72. The van der Waals surface area contributed by atoms with Crippen molar-refractivity contribution < 1.29 is 17.9 Å². The molecule has 1 unspecified atom stereocenters. The quantitative estimate of drug-likeness (QED) is 0.733. The molecular weight excluding hydrogens is 220 g/mol. The molecule has 0 radical (unpaired) electrons. The lowest BCUT2D eigenvalue weighted by Gasteiger charge is -2.17. The average molecular weight is 234 g/mol. The third kappa shape index (κ3) is 3.03. The molecule has 1 rings (SSSR count). The highest BCUT2D eigenvalue weighted by molar-refractivity contribution is 7.87. The maximum atomic E-state index is 11.5. The molecular formula is C8H14N2O4S. The summed E-state index contributed by atoms with van der Waals surface area (Å²) < 4.78 is 31.2. The van der Waals surface area contributed by atoms with Crippen LogP contribution in [0, 0.1) is 0 Å². The van der Waals surface area contributed by atoms with Crippen molar-refractivity contribution in [3.05, 3.63) is 24.2 Å². The summed E-state index contributed by atoms with van der Waals surface area (Å²) in [6, 6.07) is 2.47. The topological polar surface area (TPSA) is 82.8 Å². The van der Waals surface area contributed by atoms with E-state index >= 15 is 0 Å². The maximum Gasteiger partial charge on any atom is 0.279 e. The molecule has 2 N–H and O–H groups in total. The van der Waals surface area contributed by atoms with E-state index in [9.17, 15) is 8.42 Å². The summed E-state index contributed by atoms with van der Waals surface area (Å²) >= 11 is 0. The van der Waals surface area contributed by atoms with E-state index in [4.69, 9.17) is 9.52 Å². The molecule has 0 saturated heterocycles. The molecule has 0 fully saturated rings. The number of hydrogen-bond acceptors (Lipinski definition) is 4. The molecule has 0 amide bonds. The van der Waals surface area contributed by atoms with Crippen molar-refractivity contribution in [3.8, 4) is 0 Å². The van der Waals surface area contributed by atoms with E-state index in [0.29, 0.717) is 5.76 Å². The molecule has 1 atom stereocenters. The molecule has 6 nitrogen and oxygen atoms in total. The minimum atomic E-state index is -3.57. The third-order valence-electron chi connectivity index (χ3n) is 1.84. The second-order valence-electron chi connectivity index (χ2n) is 3.16. The van der Waals surface area contributed by atoms with Crippen LogP contribution >= 0.6 is 0 Å². The summed E-state index contributed by atoms with van der Waals surface area (Å²) in [6.45, 7) is -0.361.